The van der Waals surface area contributed by atoms with E-state index in [4.69, 9.17) is 4.74 Å². The van der Waals surface area contributed by atoms with Gasteiger partial charge in [0.15, 0.2) is 0 Å². The van der Waals surface area contributed by atoms with Crippen LogP contribution in [-0.4, -0.2) is 36.3 Å². The van der Waals surface area contributed by atoms with Gasteiger partial charge in [-0.2, -0.15) is 0 Å². The van der Waals surface area contributed by atoms with Crippen molar-refractivity contribution in [1.29, 1.82) is 0 Å². The Kier molecular flexibility index (Phi) is 5.32. The molecule has 0 atom stereocenters. The summed E-state index contributed by atoms with van der Waals surface area (Å²) >= 11 is 3.34. The fourth-order valence-electron chi connectivity index (χ4n) is 2.96. The van der Waals surface area contributed by atoms with E-state index in [2.05, 4.69) is 21.2 Å². The molecule has 1 N–H and O–H groups in total. The highest BCUT2D eigenvalue weighted by Crippen LogP contribution is 2.28. The largest absolute Gasteiger partial charge is 0.496 e. The van der Waals surface area contributed by atoms with E-state index < -0.39 is 0 Å². The van der Waals surface area contributed by atoms with Crippen LogP contribution in [0.25, 0.3) is 0 Å². The summed E-state index contributed by atoms with van der Waals surface area (Å²) in [6.45, 7) is 4.25. The molecule has 0 aliphatic carbocycles. The van der Waals surface area contributed by atoms with E-state index in [1.54, 1.807) is 30.3 Å². The lowest BCUT2D eigenvalue weighted by Gasteiger charge is -2.15. The van der Waals surface area contributed by atoms with Crippen LogP contribution in [0.5, 0.6) is 5.75 Å². The van der Waals surface area contributed by atoms with Gasteiger partial charge >= 0.3 is 0 Å². The number of nitrogens with zero attached hydrogens (tertiary/aromatic N) is 1. The summed E-state index contributed by atoms with van der Waals surface area (Å²) in [5, 5.41) is 2.76. The molecule has 27 heavy (non-hydrogen) atoms. The quantitative estimate of drug-likeness (QED) is 0.728. The Morgan fingerprint density at radius 2 is 1.81 bits per heavy atom. The summed E-state index contributed by atoms with van der Waals surface area (Å²) < 4.78 is 5.97. The van der Waals surface area contributed by atoms with Crippen LogP contribution in [0, 0.1) is 5.92 Å². The van der Waals surface area contributed by atoms with E-state index in [-0.39, 0.29) is 23.6 Å². The number of halogens is 1. The van der Waals surface area contributed by atoms with Gasteiger partial charge in [0.05, 0.1) is 23.8 Å². The lowest BCUT2D eigenvalue weighted by Crippen LogP contribution is -2.33. The second-order valence-electron chi connectivity index (χ2n) is 6.67. The third kappa shape index (κ3) is 3.73. The molecule has 2 aromatic carbocycles. The first-order chi connectivity index (χ1) is 12.8. The number of ether oxygens (including phenoxy) is 1. The molecule has 0 radical (unpaired) electrons. The first-order valence-corrected chi connectivity index (χ1v) is 9.26. The summed E-state index contributed by atoms with van der Waals surface area (Å²) in [5.41, 5.74) is 1.46. The zero-order valence-corrected chi connectivity index (χ0v) is 16.8. The average molecular weight is 431 g/mol. The third-order valence-electron chi connectivity index (χ3n) is 4.18. The fraction of sp³-hybridized carbons (Fsp3) is 0.250. The zero-order chi connectivity index (χ0) is 19.7. The van der Waals surface area contributed by atoms with Gasteiger partial charge in [-0.1, -0.05) is 29.8 Å². The summed E-state index contributed by atoms with van der Waals surface area (Å²) in [7, 11) is 1.49. The number of carbonyl (C=O) groups is 3. The van der Waals surface area contributed by atoms with Gasteiger partial charge in [0, 0.05) is 16.7 Å². The molecule has 0 fully saturated rings. The second-order valence-corrected chi connectivity index (χ2v) is 7.59. The van der Waals surface area contributed by atoms with Crippen LogP contribution in [0.4, 0.5) is 5.69 Å². The highest BCUT2D eigenvalue weighted by atomic mass is 79.9. The van der Waals surface area contributed by atoms with Crippen molar-refractivity contribution >= 4 is 39.3 Å². The first kappa shape index (κ1) is 19.1. The normalized spacial score (nSPS) is 13.1. The highest BCUT2D eigenvalue weighted by molar-refractivity contribution is 9.10. The van der Waals surface area contributed by atoms with Crippen LogP contribution in [-0.2, 0) is 0 Å². The van der Waals surface area contributed by atoms with Gasteiger partial charge < -0.3 is 10.1 Å². The molecule has 2 aromatic rings. The summed E-state index contributed by atoms with van der Waals surface area (Å²) in [4.78, 5) is 38.9. The number of fused-ring (bicyclic) bond motifs is 1. The van der Waals surface area contributed by atoms with E-state index in [1.165, 1.54) is 18.1 Å². The Balaban J connectivity index is 1.87. The smallest absolute Gasteiger partial charge is 0.261 e. The molecule has 0 saturated heterocycles. The summed E-state index contributed by atoms with van der Waals surface area (Å²) in [5.74, 6) is -0.388. The van der Waals surface area contributed by atoms with E-state index in [0.717, 1.165) is 4.47 Å². The van der Waals surface area contributed by atoms with E-state index in [0.29, 0.717) is 34.7 Å². The van der Waals surface area contributed by atoms with Crippen LogP contribution in [0.2, 0.25) is 0 Å². The maximum Gasteiger partial charge on any atom is 0.261 e. The van der Waals surface area contributed by atoms with Gasteiger partial charge in [-0.15, -0.1) is 0 Å². The lowest BCUT2D eigenvalue weighted by molar-refractivity contribution is 0.0636. The van der Waals surface area contributed by atoms with Crippen molar-refractivity contribution < 1.29 is 19.1 Å². The first-order valence-electron chi connectivity index (χ1n) is 8.47. The number of imide groups is 1. The van der Waals surface area contributed by atoms with Crippen LogP contribution in [0.3, 0.4) is 0 Å². The van der Waals surface area contributed by atoms with E-state index in [1.807, 2.05) is 13.8 Å². The van der Waals surface area contributed by atoms with Crippen molar-refractivity contribution in [3.8, 4) is 5.75 Å². The second kappa shape index (κ2) is 7.52. The Bertz CT molecular complexity index is 940. The predicted octanol–water partition coefficient (Wildman–Crippen LogP) is 3.96. The summed E-state index contributed by atoms with van der Waals surface area (Å²) in [6.07, 6.45) is 0. The lowest BCUT2D eigenvalue weighted by atomic mass is 10.1. The van der Waals surface area contributed by atoms with Gasteiger partial charge in [0.1, 0.15) is 5.75 Å². The predicted molar refractivity (Wildman–Crippen MR) is 105 cm³/mol. The minimum atomic E-state index is -0.371. The number of methoxy groups -OCH3 is 1. The van der Waals surface area contributed by atoms with Crippen molar-refractivity contribution in [2.45, 2.75) is 13.8 Å². The maximum atomic E-state index is 12.6. The van der Waals surface area contributed by atoms with Gasteiger partial charge in [-0.25, -0.2) is 0 Å². The summed E-state index contributed by atoms with van der Waals surface area (Å²) in [6, 6.07) is 9.85. The standard InChI is InChI=1S/C20H19BrN2O4/c1-11(2)10-23-19(25)14-6-5-13(9-15(14)20(23)26)22-18(24)16-8-12(21)4-7-17(16)27-3/h4-9,11H,10H2,1-3H3,(H,22,24). The molecule has 0 aromatic heterocycles. The molecule has 140 valence electrons. The third-order valence-corrected chi connectivity index (χ3v) is 4.68. The van der Waals surface area contributed by atoms with Crippen LogP contribution >= 0.6 is 15.9 Å². The van der Waals surface area contributed by atoms with Crippen LogP contribution in [0.15, 0.2) is 40.9 Å². The molecule has 0 unspecified atom stereocenters. The Hall–Kier alpha value is -2.67. The van der Waals surface area contributed by atoms with Gasteiger partial charge in [0.25, 0.3) is 17.7 Å². The molecular formula is C20H19BrN2O4. The SMILES string of the molecule is COc1ccc(Br)cc1C(=O)Nc1ccc2c(c1)C(=O)N(CC(C)C)C2=O. The highest BCUT2D eigenvalue weighted by Gasteiger charge is 2.35. The maximum absolute atomic E-state index is 12.6. The Morgan fingerprint density at radius 3 is 2.48 bits per heavy atom. The number of carbonyl (C=O) groups excluding carboxylic acids is 3. The molecule has 1 aliphatic rings. The average Bonchev–Trinajstić information content (AvgIpc) is 2.86. The monoisotopic (exact) mass is 430 g/mol. The van der Waals surface area contributed by atoms with Crippen LogP contribution < -0.4 is 10.1 Å². The minimum Gasteiger partial charge on any atom is -0.496 e. The molecule has 0 saturated carbocycles. The topological polar surface area (TPSA) is 75.7 Å². The molecule has 1 heterocycles. The number of hydrogen-bond donors (Lipinski definition) is 1. The van der Waals surface area contributed by atoms with Crippen molar-refractivity contribution in [3.63, 3.8) is 0 Å². The number of benzene rings is 2. The fourth-order valence-corrected chi connectivity index (χ4v) is 3.32. The van der Waals surface area contributed by atoms with E-state index in [9.17, 15) is 14.4 Å². The molecular weight excluding hydrogens is 412 g/mol. The molecule has 0 bridgehead atoms. The van der Waals surface area contributed by atoms with Crippen molar-refractivity contribution in [3.05, 3.63) is 57.6 Å². The molecule has 6 nitrogen and oxygen atoms in total. The van der Waals surface area contributed by atoms with Crippen molar-refractivity contribution in [2.24, 2.45) is 5.92 Å². The zero-order valence-electron chi connectivity index (χ0n) is 15.2. The van der Waals surface area contributed by atoms with E-state index >= 15 is 0 Å². The minimum absolute atomic E-state index is 0.176. The Morgan fingerprint density at radius 1 is 1.11 bits per heavy atom. The molecule has 3 rings (SSSR count). The van der Waals surface area contributed by atoms with Crippen molar-refractivity contribution in [2.75, 3.05) is 19.0 Å². The van der Waals surface area contributed by atoms with Crippen molar-refractivity contribution in [1.82, 2.24) is 4.90 Å². The van der Waals surface area contributed by atoms with Gasteiger partial charge in [-0.05, 0) is 42.3 Å². The number of hydrogen-bond acceptors (Lipinski definition) is 4. The molecule has 3 amide bonds. The van der Waals surface area contributed by atoms with Crippen LogP contribution in [0.1, 0.15) is 44.9 Å². The number of nitrogens with one attached hydrogen (secondary N) is 1. The number of rotatable bonds is 5. The number of anilines is 1. The Labute approximate surface area is 165 Å². The van der Waals surface area contributed by atoms with Gasteiger partial charge in [-0.3, -0.25) is 19.3 Å². The molecule has 0 spiro atoms. The number of amides is 3. The molecule has 1 aliphatic heterocycles. The molecule has 7 heteroatoms. The van der Waals surface area contributed by atoms with Gasteiger partial charge in [0.2, 0.25) is 0 Å².